The first kappa shape index (κ1) is 16.2. The maximum atomic E-state index is 5.41. The van der Waals surface area contributed by atoms with E-state index in [4.69, 9.17) is 9.15 Å². The first-order valence-corrected chi connectivity index (χ1v) is 7.32. The van der Waals surface area contributed by atoms with Crippen LogP contribution in [0.15, 0.2) is 22.8 Å². The molecule has 0 aliphatic rings. The van der Waals surface area contributed by atoms with Crippen molar-refractivity contribution >= 4 is 0 Å². The summed E-state index contributed by atoms with van der Waals surface area (Å²) in [6, 6.07) is 4.48. The lowest BCUT2D eigenvalue weighted by atomic mass is 10.2. The van der Waals surface area contributed by atoms with E-state index >= 15 is 0 Å². The quantitative estimate of drug-likeness (QED) is 0.626. The van der Waals surface area contributed by atoms with Gasteiger partial charge in [-0.05, 0) is 45.5 Å². The number of hydrogen-bond donors (Lipinski definition) is 1. The Morgan fingerprint density at radius 1 is 1.42 bits per heavy atom. The minimum absolute atomic E-state index is 0.502. The van der Waals surface area contributed by atoms with Gasteiger partial charge in [-0.3, -0.25) is 4.90 Å². The number of rotatable bonds is 11. The van der Waals surface area contributed by atoms with Gasteiger partial charge in [-0.25, -0.2) is 0 Å². The van der Waals surface area contributed by atoms with E-state index in [0.717, 1.165) is 51.6 Å². The van der Waals surface area contributed by atoms with Crippen LogP contribution in [0.4, 0.5) is 0 Å². The van der Waals surface area contributed by atoms with Crippen LogP contribution in [-0.4, -0.2) is 43.8 Å². The highest BCUT2D eigenvalue weighted by molar-refractivity contribution is 4.98. The molecule has 0 aromatic carbocycles. The van der Waals surface area contributed by atoms with Crippen LogP contribution < -0.4 is 5.32 Å². The number of furan rings is 1. The molecule has 0 radical (unpaired) electrons. The summed E-state index contributed by atoms with van der Waals surface area (Å²) in [5.41, 5.74) is 0. The van der Waals surface area contributed by atoms with E-state index in [2.05, 4.69) is 24.1 Å². The minimum Gasteiger partial charge on any atom is -0.468 e. The summed E-state index contributed by atoms with van der Waals surface area (Å²) in [4.78, 5) is 2.41. The molecule has 0 aliphatic carbocycles. The van der Waals surface area contributed by atoms with Crippen LogP contribution in [0.2, 0.25) is 0 Å². The maximum absolute atomic E-state index is 5.41. The predicted octanol–water partition coefficient (Wildman–Crippen LogP) is 2.51. The van der Waals surface area contributed by atoms with E-state index in [9.17, 15) is 0 Å². The lowest BCUT2D eigenvalue weighted by molar-refractivity contribution is 0.143. The number of nitrogens with one attached hydrogen (secondary N) is 1. The standard InChI is InChI=1S/C15H28N2O2/c1-4-17(13-15-8-6-11-19-15)14(3)12-16-9-7-10-18-5-2/h6,8,11,14,16H,4-5,7,9-10,12-13H2,1-3H3. The Hall–Kier alpha value is -0.840. The molecule has 0 aliphatic heterocycles. The zero-order valence-electron chi connectivity index (χ0n) is 12.5. The van der Waals surface area contributed by atoms with Gasteiger partial charge >= 0.3 is 0 Å². The van der Waals surface area contributed by atoms with E-state index in [0.29, 0.717) is 6.04 Å². The fourth-order valence-electron chi connectivity index (χ4n) is 2.07. The van der Waals surface area contributed by atoms with Crippen molar-refractivity contribution in [2.45, 2.75) is 39.8 Å². The third kappa shape index (κ3) is 6.76. The molecule has 0 saturated heterocycles. The normalized spacial score (nSPS) is 13.1. The van der Waals surface area contributed by atoms with Crippen molar-refractivity contribution in [1.29, 1.82) is 0 Å². The summed E-state index contributed by atoms with van der Waals surface area (Å²) in [5, 5.41) is 3.49. The molecule has 0 spiro atoms. The third-order valence-corrected chi connectivity index (χ3v) is 3.25. The van der Waals surface area contributed by atoms with E-state index in [-0.39, 0.29) is 0 Å². The molecule has 110 valence electrons. The topological polar surface area (TPSA) is 37.6 Å². The van der Waals surface area contributed by atoms with Crippen LogP contribution >= 0.6 is 0 Å². The molecule has 1 atom stereocenters. The minimum atomic E-state index is 0.502. The molecule has 1 heterocycles. The molecular formula is C15H28N2O2. The van der Waals surface area contributed by atoms with Gasteiger partial charge in [0.1, 0.15) is 5.76 Å². The van der Waals surface area contributed by atoms with Crippen molar-refractivity contribution in [3.05, 3.63) is 24.2 Å². The smallest absolute Gasteiger partial charge is 0.117 e. The maximum Gasteiger partial charge on any atom is 0.117 e. The van der Waals surface area contributed by atoms with Gasteiger partial charge < -0.3 is 14.5 Å². The first-order chi connectivity index (χ1) is 9.27. The van der Waals surface area contributed by atoms with Gasteiger partial charge in [0, 0.05) is 25.8 Å². The lowest BCUT2D eigenvalue weighted by Gasteiger charge is -2.27. The number of ether oxygens (including phenoxy) is 1. The molecule has 0 saturated carbocycles. The van der Waals surface area contributed by atoms with E-state index in [1.54, 1.807) is 6.26 Å². The Labute approximate surface area is 117 Å². The number of hydrogen-bond acceptors (Lipinski definition) is 4. The van der Waals surface area contributed by atoms with Crippen LogP contribution in [0.3, 0.4) is 0 Å². The van der Waals surface area contributed by atoms with Gasteiger partial charge in [0.15, 0.2) is 0 Å². The van der Waals surface area contributed by atoms with Crippen molar-refractivity contribution in [2.75, 3.05) is 32.8 Å². The van der Waals surface area contributed by atoms with Crippen LogP contribution in [0.1, 0.15) is 33.0 Å². The summed E-state index contributed by atoms with van der Waals surface area (Å²) in [6.45, 7) is 12.1. The third-order valence-electron chi connectivity index (χ3n) is 3.25. The highest BCUT2D eigenvalue weighted by Crippen LogP contribution is 2.08. The van der Waals surface area contributed by atoms with E-state index < -0.39 is 0 Å². The van der Waals surface area contributed by atoms with Crippen LogP contribution in [0.5, 0.6) is 0 Å². The Morgan fingerprint density at radius 3 is 2.89 bits per heavy atom. The summed E-state index contributed by atoms with van der Waals surface area (Å²) < 4.78 is 10.7. The molecule has 4 nitrogen and oxygen atoms in total. The average molecular weight is 268 g/mol. The molecule has 0 fully saturated rings. The van der Waals surface area contributed by atoms with Crippen molar-refractivity contribution in [2.24, 2.45) is 0 Å². The zero-order valence-corrected chi connectivity index (χ0v) is 12.5. The highest BCUT2D eigenvalue weighted by Gasteiger charge is 2.13. The second kappa shape index (κ2) is 10.0. The first-order valence-electron chi connectivity index (χ1n) is 7.32. The van der Waals surface area contributed by atoms with Gasteiger partial charge in [-0.2, -0.15) is 0 Å². The van der Waals surface area contributed by atoms with E-state index in [1.807, 2.05) is 19.1 Å². The molecule has 19 heavy (non-hydrogen) atoms. The summed E-state index contributed by atoms with van der Waals surface area (Å²) in [5.74, 6) is 1.03. The van der Waals surface area contributed by atoms with Crippen LogP contribution in [0, 0.1) is 0 Å². The molecule has 1 unspecified atom stereocenters. The van der Waals surface area contributed by atoms with Gasteiger partial charge in [0.25, 0.3) is 0 Å². The Kier molecular flexibility index (Phi) is 8.54. The fourth-order valence-corrected chi connectivity index (χ4v) is 2.07. The molecule has 0 amide bonds. The Balaban J connectivity index is 2.16. The molecule has 1 rings (SSSR count). The summed E-state index contributed by atoms with van der Waals surface area (Å²) in [7, 11) is 0. The highest BCUT2D eigenvalue weighted by atomic mass is 16.5. The van der Waals surface area contributed by atoms with Crippen molar-refractivity contribution < 1.29 is 9.15 Å². The van der Waals surface area contributed by atoms with Crippen molar-refractivity contribution in [3.63, 3.8) is 0 Å². The average Bonchev–Trinajstić information content (AvgIpc) is 2.92. The largest absolute Gasteiger partial charge is 0.468 e. The van der Waals surface area contributed by atoms with Crippen LogP contribution in [-0.2, 0) is 11.3 Å². The van der Waals surface area contributed by atoms with Gasteiger partial charge in [-0.1, -0.05) is 6.92 Å². The van der Waals surface area contributed by atoms with Gasteiger partial charge in [0.05, 0.1) is 12.8 Å². The Bertz CT molecular complexity index is 301. The van der Waals surface area contributed by atoms with Crippen molar-refractivity contribution in [3.8, 4) is 0 Å². The number of nitrogens with zero attached hydrogens (tertiary/aromatic N) is 1. The summed E-state index contributed by atoms with van der Waals surface area (Å²) >= 11 is 0. The van der Waals surface area contributed by atoms with Crippen LogP contribution in [0.25, 0.3) is 0 Å². The van der Waals surface area contributed by atoms with Gasteiger partial charge in [0.2, 0.25) is 0 Å². The second-order valence-corrected chi connectivity index (χ2v) is 4.75. The zero-order chi connectivity index (χ0) is 13.9. The molecule has 1 N–H and O–H groups in total. The molecule has 0 bridgehead atoms. The monoisotopic (exact) mass is 268 g/mol. The molecule has 1 aromatic heterocycles. The number of likely N-dealkylation sites (N-methyl/N-ethyl adjacent to an activating group) is 1. The second-order valence-electron chi connectivity index (χ2n) is 4.75. The van der Waals surface area contributed by atoms with E-state index in [1.165, 1.54) is 0 Å². The molecule has 1 aromatic rings. The SMILES string of the molecule is CCOCCCNCC(C)N(CC)Cc1ccco1. The van der Waals surface area contributed by atoms with Gasteiger partial charge in [-0.15, -0.1) is 0 Å². The predicted molar refractivity (Wildman–Crippen MR) is 78.2 cm³/mol. The fraction of sp³-hybridized carbons (Fsp3) is 0.733. The van der Waals surface area contributed by atoms with Crippen molar-refractivity contribution in [1.82, 2.24) is 10.2 Å². The summed E-state index contributed by atoms with van der Waals surface area (Å²) in [6.07, 6.45) is 2.81. The lowest BCUT2D eigenvalue weighted by Crippen LogP contribution is -2.40. The molecular weight excluding hydrogens is 240 g/mol. The molecule has 4 heteroatoms. The Morgan fingerprint density at radius 2 is 2.26 bits per heavy atom.